The molecule has 1 aromatic carbocycles. The summed E-state index contributed by atoms with van der Waals surface area (Å²) in [7, 11) is 0. The van der Waals surface area contributed by atoms with E-state index < -0.39 is 16.7 Å². The van der Waals surface area contributed by atoms with Crippen molar-refractivity contribution in [3.8, 4) is 0 Å². The highest BCUT2D eigenvalue weighted by Gasteiger charge is 2.48. The molecule has 2 unspecified atom stereocenters. The molecule has 2 aliphatic rings. The minimum absolute atomic E-state index is 0.0519. The number of allylic oxidation sites excluding steroid dienone is 2. The maximum atomic E-state index is 13.3. The molecule has 0 spiro atoms. The van der Waals surface area contributed by atoms with Gasteiger partial charge in [-0.15, -0.1) is 23.1 Å². The molecule has 2 fully saturated rings. The number of morpholine rings is 1. The molecule has 2 aliphatic heterocycles. The Morgan fingerprint density at radius 2 is 2.03 bits per heavy atom. The van der Waals surface area contributed by atoms with Crippen molar-refractivity contribution in [3.05, 3.63) is 82.4 Å². The molecule has 0 saturated carbocycles. The van der Waals surface area contributed by atoms with Crippen LogP contribution in [0.5, 0.6) is 0 Å². The standard InChI is InChI=1S/C24H25N3O4S2/c1-3-4-20(16(2)28)33-22-19(29)13-24(26-23(22)30,21-14-32-15-25-21)17-5-7-18(8-6-17)27-9-11-31-12-10-27/h3-8,14-15,22,28H,1-2,9-13H2,(H,26,30)/b20-4+. The molecule has 172 valence electrons. The smallest absolute Gasteiger partial charge is 0.242 e. The highest BCUT2D eigenvalue weighted by molar-refractivity contribution is 8.05. The summed E-state index contributed by atoms with van der Waals surface area (Å²) in [5.74, 6) is -0.890. The molecule has 2 N–H and O–H groups in total. The fourth-order valence-electron chi connectivity index (χ4n) is 4.06. The van der Waals surface area contributed by atoms with E-state index in [9.17, 15) is 14.7 Å². The highest BCUT2D eigenvalue weighted by Crippen LogP contribution is 2.40. The van der Waals surface area contributed by atoms with Crippen LogP contribution in [0.3, 0.4) is 0 Å². The number of piperidine rings is 1. The number of aromatic nitrogens is 1. The molecular weight excluding hydrogens is 458 g/mol. The van der Waals surface area contributed by atoms with Crippen LogP contribution in [0.1, 0.15) is 17.7 Å². The van der Waals surface area contributed by atoms with Crippen LogP contribution in [0.25, 0.3) is 0 Å². The Bertz CT molecular complexity index is 1060. The van der Waals surface area contributed by atoms with E-state index in [0.29, 0.717) is 23.8 Å². The molecule has 4 rings (SSSR count). The minimum Gasteiger partial charge on any atom is -0.507 e. The van der Waals surface area contributed by atoms with Gasteiger partial charge in [-0.1, -0.05) is 31.4 Å². The zero-order chi connectivity index (χ0) is 23.4. The zero-order valence-electron chi connectivity index (χ0n) is 18.0. The molecule has 0 aliphatic carbocycles. The van der Waals surface area contributed by atoms with Crippen LogP contribution in [0.15, 0.2) is 71.1 Å². The quantitative estimate of drug-likeness (QED) is 0.353. The number of aliphatic hydroxyl groups is 1. The Labute approximate surface area is 200 Å². The third-order valence-electron chi connectivity index (χ3n) is 5.71. The van der Waals surface area contributed by atoms with Crippen LogP contribution in [0.4, 0.5) is 5.69 Å². The minimum atomic E-state index is -1.05. The van der Waals surface area contributed by atoms with E-state index in [0.717, 1.165) is 36.1 Å². The molecule has 1 amide bonds. The summed E-state index contributed by atoms with van der Waals surface area (Å²) in [6.07, 6.45) is 3.06. The number of carbonyl (C=O) groups is 2. The van der Waals surface area contributed by atoms with Gasteiger partial charge in [0.1, 0.15) is 16.5 Å². The molecule has 0 radical (unpaired) electrons. The van der Waals surface area contributed by atoms with Crippen LogP contribution in [-0.2, 0) is 19.9 Å². The zero-order valence-corrected chi connectivity index (χ0v) is 19.7. The van der Waals surface area contributed by atoms with Crippen molar-refractivity contribution < 1.29 is 19.4 Å². The predicted molar refractivity (Wildman–Crippen MR) is 132 cm³/mol. The molecule has 3 heterocycles. The Morgan fingerprint density at radius 3 is 2.61 bits per heavy atom. The number of thiazole rings is 1. The molecule has 33 heavy (non-hydrogen) atoms. The fourth-order valence-corrected chi connectivity index (χ4v) is 5.63. The Hall–Kier alpha value is -2.88. The summed E-state index contributed by atoms with van der Waals surface area (Å²) in [4.78, 5) is 33.5. The van der Waals surface area contributed by atoms with Crippen molar-refractivity contribution in [2.24, 2.45) is 0 Å². The number of amides is 1. The number of nitrogens with zero attached hydrogens (tertiary/aromatic N) is 2. The lowest BCUT2D eigenvalue weighted by Crippen LogP contribution is -2.58. The number of rotatable bonds is 7. The number of benzene rings is 1. The molecule has 7 nitrogen and oxygen atoms in total. The van der Waals surface area contributed by atoms with Crippen molar-refractivity contribution in [2.75, 3.05) is 31.2 Å². The number of Topliss-reactive ketones (excluding diaryl/α,β-unsaturated/α-hetero) is 1. The number of anilines is 1. The van der Waals surface area contributed by atoms with Gasteiger partial charge < -0.3 is 20.1 Å². The first-order chi connectivity index (χ1) is 15.9. The van der Waals surface area contributed by atoms with Gasteiger partial charge in [0.15, 0.2) is 5.78 Å². The highest BCUT2D eigenvalue weighted by atomic mass is 32.2. The molecule has 1 aromatic heterocycles. The number of ketones is 1. The van der Waals surface area contributed by atoms with Crippen LogP contribution in [-0.4, -0.2) is 53.3 Å². The normalized spacial score (nSPS) is 23.8. The second-order valence-corrected chi connectivity index (χ2v) is 9.63. The van der Waals surface area contributed by atoms with E-state index in [1.54, 1.807) is 5.51 Å². The van der Waals surface area contributed by atoms with Gasteiger partial charge >= 0.3 is 0 Å². The van der Waals surface area contributed by atoms with Gasteiger partial charge in [-0.05, 0) is 23.8 Å². The Morgan fingerprint density at radius 1 is 1.30 bits per heavy atom. The van der Waals surface area contributed by atoms with Crippen molar-refractivity contribution in [3.63, 3.8) is 0 Å². The molecule has 2 saturated heterocycles. The lowest BCUT2D eigenvalue weighted by Gasteiger charge is -2.39. The number of hydrogen-bond donors (Lipinski definition) is 2. The summed E-state index contributed by atoms with van der Waals surface area (Å²) in [6.45, 7) is 10.1. The van der Waals surface area contributed by atoms with E-state index in [2.05, 4.69) is 28.4 Å². The lowest BCUT2D eigenvalue weighted by molar-refractivity contribution is -0.133. The van der Waals surface area contributed by atoms with E-state index in [-0.39, 0.29) is 18.0 Å². The summed E-state index contributed by atoms with van der Waals surface area (Å²) in [5, 5.41) is 13.8. The largest absolute Gasteiger partial charge is 0.507 e. The predicted octanol–water partition coefficient (Wildman–Crippen LogP) is 3.56. The third-order valence-corrected chi connectivity index (χ3v) is 7.64. The van der Waals surface area contributed by atoms with E-state index in [1.165, 1.54) is 23.5 Å². The Balaban J connectivity index is 1.64. The van der Waals surface area contributed by atoms with Crippen molar-refractivity contribution in [1.29, 1.82) is 0 Å². The average Bonchev–Trinajstić information content (AvgIpc) is 3.37. The number of thioether (sulfide) groups is 1. The van der Waals surface area contributed by atoms with Gasteiger partial charge in [0, 0.05) is 35.5 Å². The number of carbonyl (C=O) groups excluding carboxylic acids is 2. The van der Waals surface area contributed by atoms with Gasteiger partial charge in [0.25, 0.3) is 0 Å². The van der Waals surface area contributed by atoms with Crippen LogP contribution in [0.2, 0.25) is 0 Å². The van der Waals surface area contributed by atoms with Crippen molar-refractivity contribution in [2.45, 2.75) is 17.2 Å². The molecule has 2 aromatic rings. The van der Waals surface area contributed by atoms with E-state index in [4.69, 9.17) is 4.74 Å². The maximum Gasteiger partial charge on any atom is 0.242 e. The van der Waals surface area contributed by atoms with Crippen LogP contribution in [0, 0.1) is 0 Å². The summed E-state index contributed by atoms with van der Waals surface area (Å²) in [6, 6.07) is 7.91. The maximum absolute atomic E-state index is 13.3. The third kappa shape index (κ3) is 4.75. The fraction of sp³-hybridized carbons (Fsp3) is 0.292. The van der Waals surface area contributed by atoms with E-state index >= 15 is 0 Å². The second-order valence-electron chi connectivity index (χ2n) is 7.77. The molecule has 0 bridgehead atoms. The number of nitrogens with one attached hydrogen (secondary N) is 1. The first kappa shape index (κ1) is 23.3. The van der Waals surface area contributed by atoms with Crippen LogP contribution < -0.4 is 10.2 Å². The van der Waals surface area contributed by atoms with Crippen LogP contribution >= 0.6 is 23.1 Å². The van der Waals surface area contributed by atoms with E-state index in [1.807, 2.05) is 29.6 Å². The number of aliphatic hydroxyl groups excluding tert-OH is 1. The molecular formula is C24H25N3O4S2. The summed E-state index contributed by atoms with van der Waals surface area (Å²) < 4.78 is 5.43. The molecule has 9 heteroatoms. The second kappa shape index (κ2) is 9.94. The van der Waals surface area contributed by atoms with Gasteiger partial charge in [-0.2, -0.15) is 0 Å². The van der Waals surface area contributed by atoms with Crippen molar-refractivity contribution >= 4 is 40.5 Å². The Kier molecular flexibility index (Phi) is 7.02. The topological polar surface area (TPSA) is 91.8 Å². The number of ether oxygens (including phenoxy) is 1. The van der Waals surface area contributed by atoms with Crippen molar-refractivity contribution in [1.82, 2.24) is 10.3 Å². The summed E-state index contributed by atoms with van der Waals surface area (Å²) in [5.41, 5.74) is 3.14. The number of hydrogen-bond acceptors (Lipinski definition) is 8. The first-order valence-electron chi connectivity index (χ1n) is 10.5. The summed E-state index contributed by atoms with van der Waals surface area (Å²) >= 11 is 2.38. The molecule has 2 atom stereocenters. The monoisotopic (exact) mass is 483 g/mol. The van der Waals surface area contributed by atoms with Gasteiger partial charge in [-0.3, -0.25) is 9.59 Å². The van der Waals surface area contributed by atoms with Gasteiger partial charge in [-0.25, -0.2) is 4.98 Å². The van der Waals surface area contributed by atoms with Gasteiger partial charge in [0.05, 0.1) is 24.4 Å². The SMILES string of the molecule is C=C/C=C(/SC1C(=O)CC(c2ccc(N3CCOCC3)cc2)(c2cscn2)NC1=O)C(=C)O. The lowest BCUT2D eigenvalue weighted by atomic mass is 9.79. The first-order valence-corrected chi connectivity index (χ1v) is 12.3. The average molecular weight is 484 g/mol. The van der Waals surface area contributed by atoms with Gasteiger partial charge in [0.2, 0.25) is 5.91 Å².